The molecule has 0 saturated carbocycles. The fraction of sp³-hybridized carbons (Fsp3) is 0. The second kappa shape index (κ2) is 10.3. The number of aromatic nitrogens is 7. The Kier molecular flexibility index (Phi) is 5.84. The molecule has 0 atom stereocenters. The molecule has 0 saturated heterocycles. The van der Waals surface area contributed by atoms with Crippen molar-refractivity contribution in [2.24, 2.45) is 0 Å². The molecule has 2 N–H and O–H groups in total. The molecule has 226 valence electrons. The fourth-order valence-corrected chi connectivity index (χ4v) is 6.32. The van der Waals surface area contributed by atoms with Crippen LogP contribution in [0, 0.1) is 0 Å². The van der Waals surface area contributed by atoms with Crippen molar-refractivity contribution in [3.05, 3.63) is 101 Å². The van der Waals surface area contributed by atoms with E-state index in [0.29, 0.717) is 95.3 Å². The molecule has 7 aromatic rings. The van der Waals surface area contributed by atoms with Gasteiger partial charge in [-0.1, -0.05) is 30.3 Å². The summed E-state index contributed by atoms with van der Waals surface area (Å²) in [5.41, 5.74) is 7.14. The summed E-state index contributed by atoms with van der Waals surface area (Å²) >= 11 is 0. The third-order valence-electron chi connectivity index (χ3n) is 8.64. The maximum absolute atomic E-state index is 11.8. The van der Waals surface area contributed by atoms with Gasteiger partial charge in [-0.2, -0.15) is 0 Å². The molecule has 0 aliphatic carbocycles. The van der Waals surface area contributed by atoms with Crippen molar-refractivity contribution in [1.29, 1.82) is 0 Å². The summed E-state index contributed by atoms with van der Waals surface area (Å²) in [6.45, 7) is 0. The van der Waals surface area contributed by atoms with Gasteiger partial charge in [-0.25, -0.2) is 24.9 Å². The van der Waals surface area contributed by atoms with Gasteiger partial charge in [0.2, 0.25) is 0 Å². The van der Waals surface area contributed by atoms with Gasteiger partial charge in [0.15, 0.2) is 17.5 Å². The number of rotatable bonds is 4. The van der Waals surface area contributed by atoms with Gasteiger partial charge in [-0.15, -0.1) is 0 Å². The molecule has 9 rings (SSSR count). The number of carbonyl (C=O) groups excluding carboxylic acids is 4. The molecule has 0 radical (unpaired) electrons. The fourth-order valence-electron chi connectivity index (χ4n) is 6.32. The Morgan fingerprint density at radius 1 is 0.396 bits per heavy atom. The van der Waals surface area contributed by atoms with Crippen LogP contribution >= 0.6 is 0 Å². The van der Waals surface area contributed by atoms with Crippen LogP contribution in [0.1, 0.15) is 41.4 Å². The molecule has 2 aliphatic heterocycles. The highest BCUT2D eigenvalue weighted by Crippen LogP contribution is 2.38. The number of benzene rings is 4. The Bertz CT molecular complexity index is 2590. The van der Waals surface area contributed by atoms with Crippen LogP contribution in [-0.4, -0.2) is 60.0 Å². The number of aromatic amines is 2. The lowest BCUT2D eigenvalue weighted by molar-refractivity contribution is 0.111. The van der Waals surface area contributed by atoms with Gasteiger partial charge in [0.25, 0.3) is 0 Å². The third-order valence-corrected chi connectivity index (χ3v) is 8.64. The first kappa shape index (κ1) is 27.3. The van der Waals surface area contributed by atoms with E-state index in [2.05, 4.69) is 9.97 Å². The van der Waals surface area contributed by atoms with Crippen molar-refractivity contribution in [3.63, 3.8) is 0 Å². The van der Waals surface area contributed by atoms with E-state index in [-0.39, 0.29) is 0 Å². The van der Waals surface area contributed by atoms with Gasteiger partial charge in [-0.05, 0) is 48.5 Å². The van der Waals surface area contributed by atoms with Crippen molar-refractivity contribution in [1.82, 2.24) is 34.9 Å². The Labute approximate surface area is 269 Å². The SMILES string of the molecule is O=Cc1ccc2c(c1)-c1nc-2cc2[nH]c(nc3nc(nc4[nH]c(n1)c1ccc(C=O)cc41)-c1ccc(C=O)cc1-3)c1ccc(C=O)cc21. The van der Waals surface area contributed by atoms with Crippen LogP contribution in [0.25, 0.3) is 89.4 Å². The Balaban J connectivity index is 1.50. The predicted octanol–water partition coefficient (Wildman–Crippen LogP) is 6.72. The van der Waals surface area contributed by atoms with Crippen LogP contribution in [0.5, 0.6) is 0 Å². The summed E-state index contributed by atoms with van der Waals surface area (Å²) in [5.74, 6) is 1.06. The summed E-state index contributed by atoms with van der Waals surface area (Å²) in [4.78, 5) is 78.4. The van der Waals surface area contributed by atoms with E-state index < -0.39 is 0 Å². The lowest BCUT2D eigenvalue weighted by atomic mass is 10.0. The number of aldehydes is 4. The van der Waals surface area contributed by atoms with Crippen LogP contribution in [0.4, 0.5) is 0 Å². The third kappa shape index (κ3) is 4.11. The molecular formula is C37H19N7O4. The Morgan fingerprint density at radius 3 is 1.54 bits per heavy atom. The average Bonchev–Trinajstić information content (AvgIpc) is 3.85. The van der Waals surface area contributed by atoms with Crippen molar-refractivity contribution in [2.75, 3.05) is 0 Å². The number of fused-ring (bicyclic) bond motifs is 20. The standard InChI is InChI=1S/C37H19N7O4/c45-14-18-2-6-23-26(9-18)31-13-30-22-5-1-19(15-46)10-27(22)35(38-30)41-33-24-7-3-21(17-48)12-29(24)37(42-33)44-34-25-8-4-20(16-47)11-28(25)36(43-34)40-32(23)39-31/h1-17H,(H2,38,39,40,41,42,43,44). The second-order valence-corrected chi connectivity index (χ2v) is 11.5. The van der Waals surface area contributed by atoms with Crippen LogP contribution in [0.2, 0.25) is 0 Å². The maximum atomic E-state index is 11.8. The summed E-state index contributed by atoms with van der Waals surface area (Å²) in [6, 6.07) is 22.9. The van der Waals surface area contributed by atoms with E-state index in [1.807, 2.05) is 18.2 Å². The minimum absolute atomic E-state index is 0.337. The minimum Gasteiger partial charge on any atom is -0.339 e. The molecule has 0 amide bonds. The maximum Gasteiger partial charge on any atom is 0.164 e. The van der Waals surface area contributed by atoms with Gasteiger partial charge in [0.1, 0.15) is 42.1 Å². The largest absolute Gasteiger partial charge is 0.339 e. The normalized spacial score (nSPS) is 11.7. The molecular weight excluding hydrogens is 606 g/mol. The monoisotopic (exact) mass is 625 g/mol. The van der Waals surface area contributed by atoms with E-state index in [1.165, 1.54) is 0 Å². The van der Waals surface area contributed by atoms with Crippen LogP contribution < -0.4 is 0 Å². The van der Waals surface area contributed by atoms with E-state index in [0.717, 1.165) is 41.5 Å². The molecule has 0 unspecified atom stereocenters. The van der Waals surface area contributed by atoms with Gasteiger partial charge in [0.05, 0.1) is 5.69 Å². The molecule has 8 bridgehead atoms. The van der Waals surface area contributed by atoms with Gasteiger partial charge in [0, 0.05) is 71.6 Å². The summed E-state index contributed by atoms with van der Waals surface area (Å²) < 4.78 is 0. The van der Waals surface area contributed by atoms with E-state index in [9.17, 15) is 19.2 Å². The molecule has 5 heterocycles. The number of nitrogens with one attached hydrogen (secondary N) is 2. The zero-order valence-electron chi connectivity index (χ0n) is 24.7. The molecule has 2 aliphatic rings. The quantitative estimate of drug-likeness (QED) is 0.202. The van der Waals surface area contributed by atoms with Crippen molar-refractivity contribution in [2.45, 2.75) is 0 Å². The highest BCUT2D eigenvalue weighted by molar-refractivity contribution is 6.09. The predicted molar refractivity (Wildman–Crippen MR) is 180 cm³/mol. The number of nitrogens with zero attached hydrogens (tertiary/aromatic N) is 5. The molecule has 11 heteroatoms. The van der Waals surface area contributed by atoms with Crippen molar-refractivity contribution in [3.8, 4) is 45.4 Å². The number of carbonyl (C=O) groups is 4. The molecule has 48 heavy (non-hydrogen) atoms. The lowest BCUT2D eigenvalue weighted by Gasteiger charge is -1.99. The van der Waals surface area contributed by atoms with Crippen LogP contribution in [0.15, 0.2) is 78.9 Å². The van der Waals surface area contributed by atoms with Gasteiger partial charge < -0.3 is 9.97 Å². The van der Waals surface area contributed by atoms with E-state index in [4.69, 9.17) is 24.9 Å². The first-order valence-electron chi connectivity index (χ1n) is 14.9. The first-order valence-corrected chi connectivity index (χ1v) is 14.9. The number of hydrogen-bond acceptors (Lipinski definition) is 9. The zero-order chi connectivity index (χ0) is 32.5. The van der Waals surface area contributed by atoms with E-state index in [1.54, 1.807) is 60.7 Å². The average molecular weight is 626 g/mol. The van der Waals surface area contributed by atoms with Crippen LogP contribution in [0.3, 0.4) is 0 Å². The minimum atomic E-state index is 0.337. The highest BCUT2D eigenvalue weighted by Gasteiger charge is 2.22. The summed E-state index contributed by atoms with van der Waals surface area (Å²) in [6.07, 6.45) is 3.08. The summed E-state index contributed by atoms with van der Waals surface area (Å²) in [7, 11) is 0. The van der Waals surface area contributed by atoms with Gasteiger partial charge in [-0.3, -0.25) is 19.2 Å². The van der Waals surface area contributed by atoms with Crippen molar-refractivity contribution >= 4 is 69.1 Å². The number of hydrogen-bond donors (Lipinski definition) is 2. The van der Waals surface area contributed by atoms with Crippen molar-refractivity contribution < 1.29 is 19.2 Å². The Morgan fingerprint density at radius 2 is 0.875 bits per heavy atom. The highest BCUT2D eigenvalue weighted by atomic mass is 16.1. The number of H-pyrrole nitrogens is 2. The van der Waals surface area contributed by atoms with E-state index >= 15 is 0 Å². The molecule has 0 spiro atoms. The second-order valence-electron chi connectivity index (χ2n) is 11.5. The summed E-state index contributed by atoms with van der Waals surface area (Å²) in [5, 5.41) is 2.81. The molecule has 11 nitrogen and oxygen atoms in total. The molecule has 0 fully saturated rings. The first-order chi connectivity index (χ1) is 23.5. The molecule has 4 aromatic carbocycles. The van der Waals surface area contributed by atoms with Crippen LogP contribution in [-0.2, 0) is 0 Å². The Hall–Kier alpha value is -7.01. The van der Waals surface area contributed by atoms with Gasteiger partial charge >= 0.3 is 0 Å². The zero-order valence-corrected chi connectivity index (χ0v) is 24.7. The molecule has 3 aromatic heterocycles. The lowest BCUT2D eigenvalue weighted by Crippen LogP contribution is -1.86. The topological polar surface area (TPSA) is 164 Å². The smallest absolute Gasteiger partial charge is 0.164 e.